The van der Waals surface area contributed by atoms with Crippen LogP contribution in [0, 0.1) is 0 Å². The van der Waals surface area contributed by atoms with Crippen LogP contribution in [-0.4, -0.2) is 29.8 Å². The van der Waals surface area contributed by atoms with Crippen molar-refractivity contribution in [1.82, 2.24) is 4.90 Å². The number of unbranched alkanes of at least 4 members (excludes halogenated alkanes) is 1. The normalized spacial score (nSPS) is 11.9. The summed E-state index contributed by atoms with van der Waals surface area (Å²) in [6.07, 6.45) is 2.20. The van der Waals surface area contributed by atoms with Crippen LogP contribution >= 0.6 is 0 Å². The Balaban J connectivity index is 2.66. The Morgan fingerprint density at radius 1 is 1.24 bits per heavy atom. The van der Waals surface area contributed by atoms with E-state index in [-0.39, 0.29) is 18.4 Å². The van der Waals surface area contributed by atoms with Gasteiger partial charge in [0.2, 0.25) is 11.8 Å². The predicted octanol–water partition coefficient (Wildman–Crippen LogP) is 1.88. The van der Waals surface area contributed by atoms with E-state index in [1.165, 1.54) is 0 Å². The lowest BCUT2D eigenvalue weighted by molar-refractivity contribution is -0.135. The summed E-state index contributed by atoms with van der Waals surface area (Å²) in [5, 5.41) is 0. The lowest BCUT2D eigenvalue weighted by Crippen LogP contribution is -2.39. The Bertz CT molecular complexity index is 471. The van der Waals surface area contributed by atoms with Gasteiger partial charge >= 0.3 is 0 Å². The molecule has 1 rings (SSSR count). The van der Waals surface area contributed by atoms with Gasteiger partial charge in [-0.3, -0.25) is 9.59 Å². The van der Waals surface area contributed by atoms with Crippen molar-refractivity contribution < 1.29 is 9.59 Å². The average Bonchev–Trinajstić information content (AvgIpc) is 2.43. The smallest absolute Gasteiger partial charge is 0.237 e. The van der Waals surface area contributed by atoms with Gasteiger partial charge in [0.1, 0.15) is 0 Å². The molecule has 0 bridgehead atoms. The summed E-state index contributed by atoms with van der Waals surface area (Å²) in [6.45, 7) is 4.61. The lowest BCUT2D eigenvalue weighted by atomic mass is 9.97. The molecule has 5 nitrogen and oxygen atoms in total. The van der Waals surface area contributed by atoms with Crippen LogP contribution in [0.15, 0.2) is 24.3 Å². The van der Waals surface area contributed by atoms with E-state index in [9.17, 15) is 9.59 Å². The molecule has 116 valence electrons. The maximum atomic E-state index is 12.3. The molecule has 0 aliphatic rings. The number of rotatable bonds is 8. The fourth-order valence-corrected chi connectivity index (χ4v) is 2.16. The fraction of sp³-hybridized carbons (Fsp3) is 0.500. The lowest BCUT2D eigenvalue weighted by Gasteiger charge is -2.23. The number of nitrogens with two attached hydrogens (primary N) is 2. The SMILES string of the molecule is CCCCN(CC(N)=O)C(=O)CC(C)c1ccc(N)cc1. The highest BCUT2D eigenvalue weighted by atomic mass is 16.2. The molecule has 0 aliphatic carbocycles. The molecule has 0 radical (unpaired) electrons. The minimum Gasteiger partial charge on any atom is -0.399 e. The first-order chi connectivity index (χ1) is 9.93. The van der Waals surface area contributed by atoms with Crippen LogP contribution in [0.2, 0.25) is 0 Å². The molecule has 0 aromatic heterocycles. The molecule has 2 amide bonds. The highest BCUT2D eigenvalue weighted by molar-refractivity contribution is 5.84. The molecule has 0 fully saturated rings. The fourth-order valence-electron chi connectivity index (χ4n) is 2.16. The zero-order chi connectivity index (χ0) is 15.8. The first-order valence-corrected chi connectivity index (χ1v) is 7.35. The Kier molecular flexibility index (Phi) is 6.72. The molecule has 0 saturated heterocycles. The molecular weight excluding hydrogens is 266 g/mol. The molecule has 4 N–H and O–H groups in total. The van der Waals surface area contributed by atoms with Gasteiger partial charge < -0.3 is 16.4 Å². The van der Waals surface area contributed by atoms with Gasteiger partial charge in [-0.1, -0.05) is 32.4 Å². The van der Waals surface area contributed by atoms with Gasteiger partial charge in [0.05, 0.1) is 6.54 Å². The Labute approximate surface area is 126 Å². The largest absolute Gasteiger partial charge is 0.399 e. The Morgan fingerprint density at radius 3 is 2.38 bits per heavy atom. The van der Waals surface area contributed by atoms with E-state index in [2.05, 4.69) is 0 Å². The van der Waals surface area contributed by atoms with Gasteiger partial charge in [0.15, 0.2) is 0 Å². The van der Waals surface area contributed by atoms with E-state index in [1.54, 1.807) is 4.90 Å². The van der Waals surface area contributed by atoms with Crippen molar-refractivity contribution in [2.75, 3.05) is 18.8 Å². The van der Waals surface area contributed by atoms with E-state index >= 15 is 0 Å². The number of carbonyl (C=O) groups is 2. The van der Waals surface area contributed by atoms with Gasteiger partial charge in [-0.15, -0.1) is 0 Å². The predicted molar refractivity (Wildman–Crippen MR) is 84.6 cm³/mol. The number of benzene rings is 1. The second-order valence-corrected chi connectivity index (χ2v) is 5.41. The first-order valence-electron chi connectivity index (χ1n) is 7.35. The third-order valence-corrected chi connectivity index (χ3v) is 3.47. The van der Waals surface area contributed by atoms with E-state index in [4.69, 9.17) is 11.5 Å². The van der Waals surface area contributed by atoms with E-state index in [1.807, 2.05) is 38.1 Å². The van der Waals surface area contributed by atoms with Crippen molar-refractivity contribution >= 4 is 17.5 Å². The highest BCUT2D eigenvalue weighted by Crippen LogP contribution is 2.21. The summed E-state index contributed by atoms with van der Waals surface area (Å²) in [6, 6.07) is 7.51. The molecule has 21 heavy (non-hydrogen) atoms. The number of hydrogen-bond acceptors (Lipinski definition) is 3. The minimum atomic E-state index is -0.473. The highest BCUT2D eigenvalue weighted by Gasteiger charge is 2.18. The summed E-state index contributed by atoms with van der Waals surface area (Å²) < 4.78 is 0. The standard InChI is InChI=1S/C16H25N3O2/c1-3-4-9-19(11-15(18)20)16(21)10-12(2)13-5-7-14(17)8-6-13/h5-8,12H,3-4,9-11,17H2,1-2H3,(H2,18,20). The maximum Gasteiger partial charge on any atom is 0.237 e. The van der Waals surface area contributed by atoms with Crippen LogP contribution in [0.25, 0.3) is 0 Å². The van der Waals surface area contributed by atoms with Gasteiger partial charge in [-0.25, -0.2) is 0 Å². The second-order valence-electron chi connectivity index (χ2n) is 5.41. The topological polar surface area (TPSA) is 89.4 Å². The summed E-state index contributed by atoms with van der Waals surface area (Å²) in [5.41, 5.74) is 12.6. The van der Waals surface area contributed by atoms with Gasteiger partial charge in [-0.05, 0) is 30.0 Å². The van der Waals surface area contributed by atoms with Crippen molar-refractivity contribution in [3.63, 3.8) is 0 Å². The first kappa shape index (κ1) is 17.0. The van der Waals surface area contributed by atoms with Crippen LogP contribution in [0.1, 0.15) is 44.6 Å². The number of primary amides is 1. The number of nitrogens with zero attached hydrogens (tertiary/aromatic N) is 1. The van der Waals surface area contributed by atoms with Crippen molar-refractivity contribution in [2.45, 2.75) is 39.0 Å². The molecule has 0 heterocycles. The number of nitrogen functional groups attached to an aromatic ring is 1. The Hall–Kier alpha value is -2.04. The van der Waals surface area contributed by atoms with Crippen molar-refractivity contribution in [3.05, 3.63) is 29.8 Å². The van der Waals surface area contributed by atoms with E-state index in [0.717, 1.165) is 18.4 Å². The summed E-state index contributed by atoms with van der Waals surface area (Å²) >= 11 is 0. The molecule has 0 aliphatic heterocycles. The summed E-state index contributed by atoms with van der Waals surface area (Å²) in [7, 11) is 0. The van der Waals surface area contributed by atoms with Crippen LogP contribution in [0.3, 0.4) is 0 Å². The number of carbonyl (C=O) groups excluding carboxylic acids is 2. The molecule has 0 saturated carbocycles. The molecule has 1 unspecified atom stereocenters. The molecule has 1 aromatic rings. The summed E-state index contributed by atoms with van der Waals surface area (Å²) in [4.78, 5) is 25.0. The van der Waals surface area contributed by atoms with Crippen LogP contribution in [-0.2, 0) is 9.59 Å². The monoisotopic (exact) mass is 291 g/mol. The quantitative estimate of drug-likeness (QED) is 0.717. The van der Waals surface area contributed by atoms with Crippen LogP contribution < -0.4 is 11.5 Å². The zero-order valence-electron chi connectivity index (χ0n) is 12.8. The third-order valence-electron chi connectivity index (χ3n) is 3.47. The third kappa shape index (κ3) is 5.85. The number of hydrogen-bond donors (Lipinski definition) is 2. The van der Waals surface area contributed by atoms with Crippen molar-refractivity contribution in [1.29, 1.82) is 0 Å². The van der Waals surface area contributed by atoms with Crippen LogP contribution in [0.5, 0.6) is 0 Å². The molecule has 5 heteroatoms. The number of amides is 2. The summed E-state index contributed by atoms with van der Waals surface area (Å²) in [5.74, 6) is -0.429. The Morgan fingerprint density at radius 2 is 1.86 bits per heavy atom. The average molecular weight is 291 g/mol. The van der Waals surface area contributed by atoms with Crippen molar-refractivity contribution in [3.8, 4) is 0 Å². The van der Waals surface area contributed by atoms with Gasteiger partial charge in [0, 0.05) is 18.7 Å². The van der Waals surface area contributed by atoms with E-state index < -0.39 is 5.91 Å². The molecular formula is C16H25N3O2. The number of anilines is 1. The van der Waals surface area contributed by atoms with Gasteiger partial charge in [0.25, 0.3) is 0 Å². The minimum absolute atomic E-state index is 0.00666. The molecule has 1 aromatic carbocycles. The van der Waals surface area contributed by atoms with Crippen LogP contribution in [0.4, 0.5) is 5.69 Å². The zero-order valence-corrected chi connectivity index (χ0v) is 12.8. The van der Waals surface area contributed by atoms with E-state index in [0.29, 0.717) is 18.7 Å². The van der Waals surface area contributed by atoms with Gasteiger partial charge in [-0.2, -0.15) is 0 Å². The van der Waals surface area contributed by atoms with Crippen molar-refractivity contribution in [2.24, 2.45) is 5.73 Å². The molecule has 1 atom stereocenters. The second kappa shape index (κ2) is 8.29. The maximum absolute atomic E-state index is 12.3. The molecule has 0 spiro atoms.